The normalized spacial score (nSPS) is 23.9. The minimum absolute atomic E-state index is 0.0282. The Kier molecular flexibility index (Phi) is 4.90. The lowest BCUT2D eigenvalue weighted by molar-refractivity contribution is -0.143. The first-order valence-electron chi connectivity index (χ1n) is 6.97. The summed E-state index contributed by atoms with van der Waals surface area (Å²) in [7, 11) is 0. The predicted molar refractivity (Wildman–Crippen MR) is 83.9 cm³/mol. The number of benzene rings is 1. The zero-order chi connectivity index (χ0) is 17.2. The molecule has 0 bridgehead atoms. The molecule has 2 atom stereocenters. The van der Waals surface area contributed by atoms with Crippen molar-refractivity contribution in [2.75, 3.05) is 5.88 Å². The summed E-state index contributed by atoms with van der Waals surface area (Å²) in [6.45, 7) is 1.53. The van der Waals surface area contributed by atoms with Crippen LogP contribution in [0.25, 0.3) is 0 Å². The third-order valence-electron chi connectivity index (χ3n) is 4.11. The predicted octanol–water partition coefficient (Wildman–Crippen LogP) is 3.27. The summed E-state index contributed by atoms with van der Waals surface area (Å²) >= 11 is 5.89. The molecule has 6 heteroatoms. The van der Waals surface area contributed by atoms with Crippen LogP contribution in [0.5, 0.6) is 0 Å². The quantitative estimate of drug-likeness (QED) is 0.808. The zero-order valence-corrected chi connectivity index (χ0v) is 13.2. The van der Waals surface area contributed by atoms with Crippen LogP contribution in [0.4, 0.5) is 4.39 Å². The maximum atomic E-state index is 13.0. The molecule has 0 fully saturated rings. The second-order valence-corrected chi connectivity index (χ2v) is 6.04. The van der Waals surface area contributed by atoms with Crippen LogP contribution in [0.1, 0.15) is 12.5 Å². The van der Waals surface area contributed by atoms with Crippen LogP contribution in [-0.2, 0) is 16.0 Å². The van der Waals surface area contributed by atoms with E-state index in [2.05, 4.69) is 0 Å². The van der Waals surface area contributed by atoms with E-state index in [9.17, 15) is 24.2 Å². The topological polar surface area (TPSA) is 74.6 Å². The molecule has 2 N–H and O–H groups in total. The standard InChI is InChI=1S/C17H16ClFO4/c1-17(9-18)13(15(20)21)7-11(8-14(17)16(22)23)6-10-2-4-12(19)5-3-10/h2-5,7-8,13H,6,9H2,1H3,(H,20,21)(H,22,23). The molecule has 0 saturated carbocycles. The summed E-state index contributed by atoms with van der Waals surface area (Å²) < 4.78 is 13.0. The SMILES string of the molecule is CC1(CCl)C(C(=O)O)=CC(Cc2ccc(F)cc2)=CC1C(=O)O. The number of carboxylic acid groups (broad SMARTS) is 2. The molecule has 23 heavy (non-hydrogen) atoms. The fraction of sp³-hybridized carbons (Fsp3) is 0.294. The van der Waals surface area contributed by atoms with Crippen LogP contribution in [0, 0.1) is 17.2 Å². The molecule has 1 aromatic rings. The second kappa shape index (κ2) is 6.54. The average molecular weight is 339 g/mol. The summed E-state index contributed by atoms with van der Waals surface area (Å²) in [5, 5.41) is 18.9. The van der Waals surface area contributed by atoms with Gasteiger partial charge in [0.15, 0.2) is 0 Å². The van der Waals surface area contributed by atoms with Gasteiger partial charge < -0.3 is 10.2 Å². The van der Waals surface area contributed by atoms with E-state index < -0.39 is 23.3 Å². The van der Waals surface area contributed by atoms with Crippen LogP contribution >= 0.6 is 11.6 Å². The van der Waals surface area contributed by atoms with Gasteiger partial charge in [0, 0.05) is 16.9 Å². The molecule has 0 aromatic heterocycles. The first kappa shape index (κ1) is 17.2. The van der Waals surface area contributed by atoms with Crippen molar-refractivity contribution >= 4 is 23.5 Å². The second-order valence-electron chi connectivity index (χ2n) is 5.77. The number of allylic oxidation sites excluding steroid dienone is 2. The highest BCUT2D eigenvalue weighted by molar-refractivity contribution is 6.19. The van der Waals surface area contributed by atoms with E-state index in [-0.39, 0.29) is 17.3 Å². The largest absolute Gasteiger partial charge is 0.481 e. The lowest BCUT2D eigenvalue weighted by atomic mass is 9.68. The molecule has 0 amide bonds. The molecule has 0 spiro atoms. The van der Waals surface area contributed by atoms with Gasteiger partial charge in [0.25, 0.3) is 0 Å². The van der Waals surface area contributed by atoms with Crippen molar-refractivity contribution in [3.05, 3.63) is 58.9 Å². The monoisotopic (exact) mass is 338 g/mol. The smallest absolute Gasteiger partial charge is 0.332 e. The molecule has 2 rings (SSSR count). The maximum absolute atomic E-state index is 13.0. The highest BCUT2D eigenvalue weighted by atomic mass is 35.5. The number of rotatable bonds is 5. The molecular formula is C17H16ClFO4. The minimum Gasteiger partial charge on any atom is -0.481 e. The lowest BCUT2D eigenvalue weighted by Crippen LogP contribution is -2.40. The molecular weight excluding hydrogens is 323 g/mol. The first-order valence-corrected chi connectivity index (χ1v) is 7.50. The van der Waals surface area contributed by atoms with Gasteiger partial charge in [-0.25, -0.2) is 9.18 Å². The number of alkyl halides is 1. The van der Waals surface area contributed by atoms with E-state index in [1.54, 1.807) is 12.1 Å². The Balaban J connectivity index is 2.43. The molecule has 0 radical (unpaired) electrons. The van der Waals surface area contributed by atoms with Gasteiger partial charge in [0.1, 0.15) is 5.82 Å². The molecule has 0 heterocycles. The molecule has 1 aliphatic carbocycles. The fourth-order valence-electron chi connectivity index (χ4n) is 2.72. The Morgan fingerprint density at radius 3 is 2.35 bits per heavy atom. The van der Waals surface area contributed by atoms with Crippen molar-refractivity contribution in [1.29, 1.82) is 0 Å². The van der Waals surface area contributed by atoms with E-state index in [0.29, 0.717) is 12.0 Å². The van der Waals surface area contributed by atoms with Gasteiger partial charge in [0.05, 0.1) is 5.92 Å². The van der Waals surface area contributed by atoms with Gasteiger partial charge in [-0.05, 0) is 35.8 Å². The Hall–Kier alpha value is -2.14. The molecule has 2 unspecified atom stereocenters. The molecule has 122 valence electrons. The van der Waals surface area contributed by atoms with Crippen molar-refractivity contribution in [1.82, 2.24) is 0 Å². The van der Waals surface area contributed by atoms with Crippen molar-refractivity contribution in [2.45, 2.75) is 13.3 Å². The molecule has 1 aliphatic rings. The Labute approximate surface area is 137 Å². The van der Waals surface area contributed by atoms with Crippen molar-refractivity contribution < 1.29 is 24.2 Å². The lowest BCUT2D eigenvalue weighted by Gasteiger charge is -2.36. The van der Waals surface area contributed by atoms with Crippen LogP contribution in [0.2, 0.25) is 0 Å². The summed E-state index contributed by atoms with van der Waals surface area (Å²) in [5.41, 5.74) is 0.103. The minimum atomic E-state index is -1.19. The molecule has 4 nitrogen and oxygen atoms in total. The zero-order valence-electron chi connectivity index (χ0n) is 12.4. The average Bonchev–Trinajstić information content (AvgIpc) is 2.50. The van der Waals surface area contributed by atoms with Gasteiger partial charge in [-0.3, -0.25) is 4.79 Å². The van der Waals surface area contributed by atoms with Crippen LogP contribution < -0.4 is 0 Å². The van der Waals surface area contributed by atoms with Crippen LogP contribution in [0.15, 0.2) is 47.6 Å². The highest BCUT2D eigenvalue weighted by Crippen LogP contribution is 2.42. The number of carbonyl (C=O) groups is 2. The fourth-order valence-corrected chi connectivity index (χ4v) is 3.03. The number of hydrogen-bond donors (Lipinski definition) is 2. The summed E-state index contributed by atoms with van der Waals surface area (Å²) in [6, 6.07) is 5.77. The number of hydrogen-bond acceptors (Lipinski definition) is 2. The molecule has 0 aliphatic heterocycles. The van der Waals surface area contributed by atoms with E-state index in [4.69, 9.17) is 11.6 Å². The Bertz CT molecular complexity index is 693. The molecule has 1 aromatic carbocycles. The summed E-state index contributed by atoms with van der Waals surface area (Å²) in [5.74, 6) is -3.85. The summed E-state index contributed by atoms with van der Waals surface area (Å²) in [4.78, 5) is 23.1. The van der Waals surface area contributed by atoms with Gasteiger partial charge in [-0.1, -0.05) is 25.1 Å². The third kappa shape index (κ3) is 3.45. The van der Waals surface area contributed by atoms with Crippen molar-refractivity contribution in [2.24, 2.45) is 11.3 Å². The maximum Gasteiger partial charge on any atom is 0.332 e. The van der Waals surface area contributed by atoms with E-state index >= 15 is 0 Å². The van der Waals surface area contributed by atoms with Crippen LogP contribution in [-0.4, -0.2) is 28.0 Å². The highest BCUT2D eigenvalue weighted by Gasteiger charge is 2.45. The van der Waals surface area contributed by atoms with Gasteiger partial charge in [-0.2, -0.15) is 0 Å². The van der Waals surface area contributed by atoms with E-state index in [1.807, 2.05) is 0 Å². The number of carboxylic acids is 2. The van der Waals surface area contributed by atoms with Gasteiger partial charge >= 0.3 is 11.9 Å². The van der Waals surface area contributed by atoms with Crippen molar-refractivity contribution in [3.8, 4) is 0 Å². The van der Waals surface area contributed by atoms with Gasteiger partial charge in [-0.15, -0.1) is 11.6 Å². The van der Waals surface area contributed by atoms with Gasteiger partial charge in [0.2, 0.25) is 0 Å². The number of aliphatic carboxylic acids is 2. The first-order chi connectivity index (χ1) is 10.8. The molecule has 0 saturated heterocycles. The third-order valence-corrected chi connectivity index (χ3v) is 4.66. The van der Waals surface area contributed by atoms with Crippen molar-refractivity contribution in [3.63, 3.8) is 0 Å². The van der Waals surface area contributed by atoms with E-state index in [0.717, 1.165) is 5.56 Å². The Morgan fingerprint density at radius 2 is 1.87 bits per heavy atom. The Morgan fingerprint density at radius 1 is 1.26 bits per heavy atom. The van der Waals surface area contributed by atoms with E-state index in [1.165, 1.54) is 31.2 Å². The number of halogens is 2. The summed E-state index contributed by atoms with van der Waals surface area (Å²) in [6.07, 6.45) is 3.31. The van der Waals surface area contributed by atoms with Crippen LogP contribution in [0.3, 0.4) is 0 Å².